The Kier molecular flexibility index (Phi) is 4.19. The van der Waals surface area contributed by atoms with Gasteiger partial charge in [-0.25, -0.2) is 9.97 Å². The van der Waals surface area contributed by atoms with Gasteiger partial charge < -0.3 is 10.1 Å². The molecular weight excluding hydrogens is 382 g/mol. The lowest BCUT2D eigenvalue weighted by molar-refractivity contribution is 0.0974. The molecule has 7 heteroatoms. The van der Waals surface area contributed by atoms with Crippen LogP contribution in [0.25, 0.3) is 33.0 Å². The highest BCUT2D eigenvalue weighted by molar-refractivity contribution is 7.13. The first kappa shape index (κ1) is 17.7. The molecule has 0 fully saturated rings. The molecule has 4 aromatic heterocycles. The van der Waals surface area contributed by atoms with Crippen LogP contribution in [-0.2, 0) is 5.60 Å². The van der Waals surface area contributed by atoms with Gasteiger partial charge in [-0.05, 0) is 30.7 Å². The van der Waals surface area contributed by atoms with E-state index in [0.29, 0.717) is 5.69 Å². The first-order chi connectivity index (χ1) is 14.1. The molecule has 0 bridgehead atoms. The number of aromatic nitrogens is 5. The third-order valence-corrected chi connectivity index (χ3v) is 5.80. The lowest BCUT2D eigenvalue weighted by Gasteiger charge is -2.23. The Balaban J connectivity index is 1.52. The molecule has 0 aliphatic carbocycles. The Labute approximate surface area is 171 Å². The Hall–Kier alpha value is -3.42. The number of hydrogen-bond acceptors (Lipinski definition) is 6. The zero-order valence-electron chi connectivity index (χ0n) is 15.6. The molecule has 0 radical (unpaired) electrons. The Morgan fingerprint density at radius 1 is 1.00 bits per heavy atom. The van der Waals surface area contributed by atoms with Gasteiger partial charge >= 0.3 is 0 Å². The summed E-state index contributed by atoms with van der Waals surface area (Å²) in [7, 11) is 0. The monoisotopic (exact) mass is 399 g/mol. The first-order valence-corrected chi connectivity index (χ1v) is 10.00. The third-order valence-electron chi connectivity index (χ3n) is 4.93. The summed E-state index contributed by atoms with van der Waals surface area (Å²) in [5.41, 5.74) is 4.44. The van der Waals surface area contributed by atoms with Crippen molar-refractivity contribution in [2.45, 2.75) is 12.5 Å². The van der Waals surface area contributed by atoms with Gasteiger partial charge in [0.1, 0.15) is 16.1 Å². The number of benzene rings is 1. The summed E-state index contributed by atoms with van der Waals surface area (Å²) in [6.45, 7) is 1.76. The minimum Gasteiger partial charge on any atom is -0.379 e. The van der Waals surface area contributed by atoms with E-state index in [9.17, 15) is 5.11 Å². The number of rotatable bonds is 4. The second kappa shape index (κ2) is 6.88. The molecule has 4 heterocycles. The average Bonchev–Trinajstić information content (AvgIpc) is 3.41. The van der Waals surface area contributed by atoms with Crippen LogP contribution < -0.4 is 0 Å². The summed E-state index contributed by atoms with van der Waals surface area (Å²) in [6.07, 6.45) is 6.91. The Bertz CT molecular complexity index is 1290. The second-order valence-electron chi connectivity index (χ2n) is 6.86. The van der Waals surface area contributed by atoms with Crippen LogP contribution in [0.15, 0.2) is 72.6 Å². The van der Waals surface area contributed by atoms with Crippen molar-refractivity contribution < 1.29 is 5.11 Å². The van der Waals surface area contributed by atoms with Crippen LogP contribution in [0.3, 0.4) is 0 Å². The molecule has 0 aliphatic rings. The van der Waals surface area contributed by atoms with Gasteiger partial charge in [0.15, 0.2) is 5.65 Å². The highest BCUT2D eigenvalue weighted by atomic mass is 32.1. The lowest BCUT2D eigenvalue weighted by atomic mass is 9.90. The number of fused-ring (bicyclic) bond motifs is 1. The number of hydrogen-bond donors (Lipinski definition) is 2. The number of H-pyrrole nitrogens is 1. The summed E-state index contributed by atoms with van der Waals surface area (Å²) in [5.74, 6) is 0. The molecule has 1 atom stereocenters. The van der Waals surface area contributed by atoms with Crippen LogP contribution in [0.5, 0.6) is 0 Å². The van der Waals surface area contributed by atoms with Gasteiger partial charge in [0.05, 0.1) is 17.0 Å². The summed E-state index contributed by atoms with van der Waals surface area (Å²) < 4.78 is 0. The van der Waals surface area contributed by atoms with Gasteiger partial charge in [0.25, 0.3) is 0 Å². The lowest BCUT2D eigenvalue weighted by Crippen LogP contribution is -2.24. The van der Waals surface area contributed by atoms with Crippen molar-refractivity contribution >= 4 is 22.5 Å². The zero-order valence-corrected chi connectivity index (χ0v) is 16.4. The highest BCUT2D eigenvalue weighted by Gasteiger charge is 2.27. The number of nitrogens with zero attached hydrogens (tertiary/aromatic N) is 4. The fourth-order valence-electron chi connectivity index (χ4n) is 3.32. The van der Waals surface area contributed by atoms with E-state index in [4.69, 9.17) is 4.98 Å². The molecule has 6 nitrogen and oxygen atoms in total. The first-order valence-electron chi connectivity index (χ1n) is 9.12. The third kappa shape index (κ3) is 3.10. The summed E-state index contributed by atoms with van der Waals surface area (Å²) in [4.78, 5) is 21.0. The van der Waals surface area contributed by atoms with Gasteiger partial charge in [-0.1, -0.05) is 24.3 Å². The van der Waals surface area contributed by atoms with Crippen molar-refractivity contribution in [1.29, 1.82) is 0 Å². The molecule has 5 aromatic rings. The van der Waals surface area contributed by atoms with Crippen molar-refractivity contribution in [2.24, 2.45) is 0 Å². The maximum Gasteiger partial charge on any atom is 0.156 e. The van der Waals surface area contributed by atoms with Crippen LogP contribution in [0.2, 0.25) is 0 Å². The van der Waals surface area contributed by atoms with Crippen molar-refractivity contribution in [2.75, 3.05) is 0 Å². The molecule has 0 saturated heterocycles. The van der Waals surface area contributed by atoms with E-state index in [1.807, 2.05) is 54.0 Å². The van der Waals surface area contributed by atoms with E-state index < -0.39 is 5.60 Å². The molecule has 0 saturated carbocycles. The molecule has 0 aliphatic heterocycles. The summed E-state index contributed by atoms with van der Waals surface area (Å²) in [5, 5.41) is 14.0. The zero-order chi connectivity index (χ0) is 19.8. The van der Waals surface area contributed by atoms with E-state index in [-0.39, 0.29) is 0 Å². The van der Waals surface area contributed by atoms with Gasteiger partial charge in [0.2, 0.25) is 0 Å². The smallest absolute Gasteiger partial charge is 0.156 e. The predicted molar refractivity (Wildman–Crippen MR) is 113 cm³/mol. The average molecular weight is 399 g/mol. The van der Waals surface area contributed by atoms with Crippen molar-refractivity contribution in [1.82, 2.24) is 24.9 Å². The van der Waals surface area contributed by atoms with Crippen molar-refractivity contribution in [3.8, 4) is 21.8 Å². The quantitative estimate of drug-likeness (QED) is 0.468. The number of nitrogens with one attached hydrogen (secondary N) is 1. The van der Waals surface area contributed by atoms with E-state index in [1.165, 1.54) is 0 Å². The maximum absolute atomic E-state index is 11.1. The van der Waals surface area contributed by atoms with E-state index in [0.717, 1.165) is 38.6 Å². The highest BCUT2D eigenvalue weighted by Crippen LogP contribution is 2.34. The molecule has 1 aromatic carbocycles. The molecule has 0 unspecified atom stereocenters. The molecule has 0 spiro atoms. The number of thiazole rings is 1. The van der Waals surface area contributed by atoms with Gasteiger partial charge in [0, 0.05) is 35.7 Å². The van der Waals surface area contributed by atoms with Crippen LogP contribution in [0.1, 0.15) is 18.2 Å². The number of aliphatic hydroxyl groups is 1. The van der Waals surface area contributed by atoms with E-state index >= 15 is 0 Å². The molecule has 142 valence electrons. The van der Waals surface area contributed by atoms with Crippen LogP contribution >= 0.6 is 11.3 Å². The molecule has 29 heavy (non-hydrogen) atoms. The van der Waals surface area contributed by atoms with E-state index in [2.05, 4.69) is 19.9 Å². The van der Waals surface area contributed by atoms with Crippen LogP contribution in [0, 0.1) is 0 Å². The van der Waals surface area contributed by atoms with Crippen molar-refractivity contribution in [3.05, 3.63) is 83.9 Å². The SMILES string of the molecule is C[C@@](O)(c1cccc(-c2csc(-c3c[nH]c4nccnc34)n2)c1)c1ccccn1. The molecular formula is C22H17N5OS. The van der Waals surface area contributed by atoms with E-state index in [1.54, 1.807) is 36.9 Å². The van der Waals surface area contributed by atoms with Crippen LogP contribution in [0.4, 0.5) is 0 Å². The second-order valence-corrected chi connectivity index (χ2v) is 7.72. The van der Waals surface area contributed by atoms with Crippen LogP contribution in [-0.4, -0.2) is 30.0 Å². The predicted octanol–water partition coefficient (Wildman–Crippen LogP) is 4.40. The fraction of sp³-hybridized carbons (Fsp3) is 0.0909. The summed E-state index contributed by atoms with van der Waals surface area (Å²) in [6, 6.07) is 13.3. The molecule has 5 rings (SSSR count). The Morgan fingerprint density at radius 2 is 1.90 bits per heavy atom. The summed E-state index contributed by atoms with van der Waals surface area (Å²) >= 11 is 1.55. The Morgan fingerprint density at radius 3 is 2.76 bits per heavy atom. The largest absolute Gasteiger partial charge is 0.379 e. The fourth-order valence-corrected chi connectivity index (χ4v) is 4.17. The minimum atomic E-state index is -1.19. The molecule has 0 amide bonds. The maximum atomic E-state index is 11.1. The van der Waals surface area contributed by atoms with Gasteiger partial charge in [-0.3, -0.25) is 9.97 Å². The molecule has 2 N–H and O–H groups in total. The number of aromatic amines is 1. The topological polar surface area (TPSA) is 87.6 Å². The van der Waals surface area contributed by atoms with Gasteiger partial charge in [-0.2, -0.15) is 0 Å². The number of pyridine rings is 1. The van der Waals surface area contributed by atoms with Crippen molar-refractivity contribution in [3.63, 3.8) is 0 Å². The standard InChI is InChI=1S/C22H17N5OS/c1-22(28,18-7-2-3-8-23-18)15-6-4-5-14(11-15)17-13-29-21(27-17)16-12-26-20-19(16)24-9-10-25-20/h2-13,28H,1H3,(H,25,26)/t22-/m1/s1. The normalized spacial score (nSPS) is 13.4. The van der Waals surface area contributed by atoms with Gasteiger partial charge in [-0.15, -0.1) is 11.3 Å². The minimum absolute atomic E-state index is 0.605.